The number of benzene rings is 4. The third kappa shape index (κ3) is 5.48. The van der Waals surface area contributed by atoms with E-state index in [2.05, 4.69) is 94.1 Å². The Balaban J connectivity index is 1.35. The van der Waals surface area contributed by atoms with Crippen LogP contribution in [0.4, 0.5) is 5.69 Å². The van der Waals surface area contributed by atoms with Crippen LogP contribution in [0, 0.1) is 0 Å². The molecule has 0 N–H and O–H groups in total. The van der Waals surface area contributed by atoms with Crippen LogP contribution in [0.25, 0.3) is 38.5 Å². The van der Waals surface area contributed by atoms with Crippen molar-refractivity contribution in [3.63, 3.8) is 0 Å². The Morgan fingerprint density at radius 2 is 1.44 bits per heavy atom. The van der Waals surface area contributed by atoms with Crippen molar-refractivity contribution >= 4 is 61.9 Å². The fourth-order valence-electron chi connectivity index (χ4n) is 6.14. The highest BCUT2D eigenvalue weighted by Crippen LogP contribution is 2.35. The number of carbonyl (C=O) groups excluding carboxylic acids is 2. The second-order valence-corrected chi connectivity index (χ2v) is 10.5. The number of carbonyl (C=O) groups is 2. The number of rotatable bonds is 11. The van der Waals surface area contributed by atoms with Gasteiger partial charge in [-0.05, 0) is 42.8 Å². The number of ether oxygens (including phenoxy) is 2. The number of aryl methyl sites for hydroxylation is 1. The minimum absolute atomic E-state index is 0.194. The number of hydrogen-bond acceptors (Lipinski definition) is 4. The SMILES string of the molecule is CCOC(=O)CCn1\c(=C/C=C/C=C/C2=[N+](CCC(=O)OCC)c3cccc4cccc2c34)c2cccc3cccc1c32. The largest absolute Gasteiger partial charge is 0.466 e. The van der Waals surface area contributed by atoms with Crippen molar-refractivity contribution < 1.29 is 23.6 Å². The van der Waals surface area contributed by atoms with E-state index in [0.717, 1.165) is 33.2 Å². The highest BCUT2D eigenvalue weighted by atomic mass is 16.5. The van der Waals surface area contributed by atoms with Crippen molar-refractivity contribution in [3.05, 3.63) is 108 Å². The molecule has 0 fully saturated rings. The van der Waals surface area contributed by atoms with Gasteiger partial charge in [0.2, 0.25) is 11.4 Å². The third-order valence-electron chi connectivity index (χ3n) is 7.90. The predicted octanol–water partition coefficient (Wildman–Crippen LogP) is 6.61. The summed E-state index contributed by atoms with van der Waals surface area (Å²) in [6, 6.07) is 25.3. The van der Waals surface area contributed by atoms with E-state index in [1.54, 1.807) is 0 Å². The molecule has 0 radical (unpaired) electrons. The average Bonchev–Trinajstić information content (AvgIpc) is 3.49. The third-order valence-corrected chi connectivity index (χ3v) is 7.90. The van der Waals surface area contributed by atoms with Gasteiger partial charge in [-0.1, -0.05) is 72.8 Å². The molecule has 216 valence electrons. The molecule has 2 heterocycles. The number of aromatic nitrogens is 1. The molecule has 5 aromatic rings. The van der Waals surface area contributed by atoms with Crippen molar-refractivity contribution in [2.45, 2.75) is 33.2 Å². The minimum atomic E-state index is -0.194. The molecular weight excluding hydrogens is 536 g/mol. The van der Waals surface area contributed by atoms with E-state index >= 15 is 0 Å². The molecule has 4 aromatic carbocycles. The van der Waals surface area contributed by atoms with E-state index in [1.165, 1.54) is 21.5 Å². The average molecular weight is 572 g/mol. The van der Waals surface area contributed by atoms with Gasteiger partial charge in [-0.3, -0.25) is 9.59 Å². The normalized spacial score (nSPS) is 13.5. The lowest BCUT2D eigenvalue weighted by Gasteiger charge is -2.06. The Labute approximate surface area is 250 Å². The van der Waals surface area contributed by atoms with Crippen LogP contribution in [0.5, 0.6) is 0 Å². The first kappa shape index (κ1) is 28.2. The Morgan fingerprint density at radius 1 is 0.767 bits per heavy atom. The zero-order valence-electron chi connectivity index (χ0n) is 24.6. The second kappa shape index (κ2) is 12.5. The lowest BCUT2D eigenvalue weighted by Crippen LogP contribution is -2.19. The topological polar surface area (TPSA) is 60.5 Å². The molecule has 43 heavy (non-hydrogen) atoms. The van der Waals surface area contributed by atoms with E-state index in [-0.39, 0.29) is 11.9 Å². The quantitative estimate of drug-likeness (QED) is 0.102. The number of hydrogen-bond donors (Lipinski definition) is 0. The van der Waals surface area contributed by atoms with Crippen molar-refractivity contribution in [1.82, 2.24) is 4.57 Å². The molecule has 0 unspecified atom stereocenters. The van der Waals surface area contributed by atoms with Gasteiger partial charge < -0.3 is 14.0 Å². The molecule has 1 aromatic heterocycles. The highest BCUT2D eigenvalue weighted by Gasteiger charge is 2.30. The first-order chi connectivity index (χ1) is 21.1. The van der Waals surface area contributed by atoms with Crippen LogP contribution < -0.4 is 5.35 Å². The van der Waals surface area contributed by atoms with Crippen LogP contribution in [-0.2, 0) is 25.6 Å². The molecule has 0 saturated heterocycles. The summed E-state index contributed by atoms with van der Waals surface area (Å²) in [5.41, 5.74) is 4.43. The van der Waals surface area contributed by atoms with E-state index in [4.69, 9.17) is 9.47 Å². The van der Waals surface area contributed by atoms with Crippen molar-refractivity contribution in [3.8, 4) is 0 Å². The Kier molecular flexibility index (Phi) is 8.18. The predicted molar refractivity (Wildman–Crippen MR) is 173 cm³/mol. The lowest BCUT2D eigenvalue weighted by atomic mass is 10.0. The summed E-state index contributed by atoms with van der Waals surface area (Å²) in [5.74, 6) is -0.388. The maximum atomic E-state index is 12.2. The second-order valence-electron chi connectivity index (χ2n) is 10.5. The van der Waals surface area contributed by atoms with Crippen molar-refractivity contribution in [2.75, 3.05) is 19.8 Å². The lowest BCUT2D eigenvalue weighted by molar-refractivity contribution is -0.434. The molecule has 0 atom stereocenters. The zero-order chi connectivity index (χ0) is 29.8. The first-order valence-corrected chi connectivity index (χ1v) is 14.9. The summed E-state index contributed by atoms with van der Waals surface area (Å²) in [4.78, 5) is 24.4. The maximum Gasteiger partial charge on any atom is 0.312 e. The minimum Gasteiger partial charge on any atom is -0.466 e. The molecule has 0 saturated carbocycles. The fraction of sp³-hybridized carbons (Fsp3) is 0.216. The van der Waals surface area contributed by atoms with Crippen molar-refractivity contribution in [2.24, 2.45) is 0 Å². The van der Waals surface area contributed by atoms with Gasteiger partial charge in [-0.2, -0.15) is 4.58 Å². The summed E-state index contributed by atoms with van der Waals surface area (Å²) in [6.07, 6.45) is 10.9. The van der Waals surface area contributed by atoms with Gasteiger partial charge in [0.25, 0.3) is 0 Å². The Morgan fingerprint density at radius 3 is 2.21 bits per heavy atom. The monoisotopic (exact) mass is 571 g/mol. The van der Waals surface area contributed by atoms with E-state index < -0.39 is 0 Å². The summed E-state index contributed by atoms with van der Waals surface area (Å²) >= 11 is 0. The molecule has 6 heteroatoms. The molecule has 0 amide bonds. The Bertz CT molecular complexity index is 1980. The molecular formula is C37H35N2O4+. The zero-order valence-corrected chi connectivity index (χ0v) is 24.6. The number of allylic oxidation sites excluding steroid dienone is 4. The number of esters is 2. The van der Waals surface area contributed by atoms with Crippen LogP contribution in [0.2, 0.25) is 0 Å². The molecule has 0 aliphatic carbocycles. The molecule has 1 aliphatic heterocycles. The van der Waals surface area contributed by atoms with Crippen LogP contribution in [0.3, 0.4) is 0 Å². The summed E-state index contributed by atoms with van der Waals surface area (Å²) in [6.45, 7) is 5.50. The van der Waals surface area contributed by atoms with Crippen LogP contribution in [0.15, 0.2) is 97.1 Å². The smallest absolute Gasteiger partial charge is 0.312 e. The van der Waals surface area contributed by atoms with Gasteiger partial charge in [-0.15, -0.1) is 0 Å². The van der Waals surface area contributed by atoms with Crippen LogP contribution in [-0.4, -0.2) is 46.6 Å². The van der Waals surface area contributed by atoms with Crippen molar-refractivity contribution in [1.29, 1.82) is 0 Å². The molecule has 0 bridgehead atoms. The Hall–Kier alpha value is -4.97. The van der Waals surface area contributed by atoms with Gasteiger partial charge in [0, 0.05) is 40.3 Å². The van der Waals surface area contributed by atoms with Gasteiger partial charge >= 0.3 is 11.9 Å². The van der Waals surface area contributed by atoms with Gasteiger partial charge in [-0.25, -0.2) is 0 Å². The van der Waals surface area contributed by atoms with E-state index in [9.17, 15) is 9.59 Å². The van der Waals surface area contributed by atoms with Crippen LogP contribution >= 0.6 is 0 Å². The van der Waals surface area contributed by atoms with E-state index in [0.29, 0.717) is 39.1 Å². The fourth-order valence-corrected chi connectivity index (χ4v) is 6.14. The first-order valence-electron chi connectivity index (χ1n) is 14.9. The molecule has 1 aliphatic rings. The van der Waals surface area contributed by atoms with Gasteiger partial charge in [0.1, 0.15) is 6.42 Å². The highest BCUT2D eigenvalue weighted by molar-refractivity contribution is 6.19. The van der Waals surface area contributed by atoms with Gasteiger partial charge in [0.05, 0.1) is 30.6 Å². The van der Waals surface area contributed by atoms with E-state index in [1.807, 2.05) is 32.1 Å². The molecule has 6 nitrogen and oxygen atoms in total. The van der Waals surface area contributed by atoms with Crippen LogP contribution in [0.1, 0.15) is 32.3 Å². The van der Waals surface area contributed by atoms with Gasteiger partial charge in [0.15, 0.2) is 6.54 Å². The molecule has 6 rings (SSSR count). The molecule has 0 spiro atoms. The summed E-state index contributed by atoms with van der Waals surface area (Å²) in [7, 11) is 0. The summed E-state index contributed by atoms with van der Waals surface area (Å²) in [5, 5.41) is 6.98. The standard InChI is InChI=1S/C37H35N2O4/c1-3-42-34(40)22-24-38-30(28-16-8-12-26-14-10-20-32(38)36(26)28)18-6-5-7-19-31-29-17-9-13-27-15-11-21-33(37(27)29)39(31)25-23-35(41)43-4-2/h5-21H,3-4,22-25H2,1-2H3/q+1. The summed E-state index contributed by atoms with van der Waals surface area (Å²) < 4.78 is 14.8. The number of nitrogens with zero attached hydrogens (tertiary/aromatic N) is 2. The maximum absolute atomic E-state index is 12.2.